The largest absolute Gasteiger partial charge is 0.497 e. The number of benzene rings is 2. The molecule has 0 N–H and O–H groups in total. The Morgan fingerprint density at radius 1 is 0.667 bits per heavy atom. The van der Waals surface area contributed by atoms with Crippen LogP contribution in [0.4, 0.5) is 0 Å². The summed E-state index contributed by atoms with van der Waals surface area (Å²) in [6.45, 7) is 4.13. The smallest absolute Gasteiger partial charge is 0.332 e. The molecule has 2 aliphatic heterocycles. The van der Waals surface area contributed by atoms with E-state index in [0.717, 1.165) is 11.1 Å². The van der Waals surface area contributed by atoms with E-state index in [-0.39, 0.29) is 17.2 Å². The number of carbonyl (C=O) groups is 3. The molecular weight excluding hydrogens is 540 g/mol. The SMILES string of the molecule is COC(=O)/C=C(\C)N1CC(c2ccc(OC)cc2)C(C(=O)C2=NN(/C(C)=C/C(=O)OC)CC2c2ccc(OC)cc2)=N1. The van der Waals surface area contributed by atoms with E-state index in [1.807, 2.05) is 48.5 Å². The van der Waals surface area contributed by atoms with Gasteiger partial charge in [-0.3, -0.25) is 14.8 Å². The summed E-state index contributed by atoms with van der Waals surface area (Å²) in [6, 6.07) is 14.9. The number of allylic oxidation sites excluding steroid dienone is 2. The van der Waals surface area contributed by atoms with Crippen LogP contribution in [0.5, 0.6) is 11.5 Å². The lowest BCUT2D eigenvalue weighted by Gasteiger charge is -2.18. The highest BCUT2D eigenvalue weighted by Gasteiger charge is 2.41. The Hall–Kier alpha value is -4.93. The molecule has 42 heavy (non-hydrogen) atoms. The first-order chi connectivity index (χ1) is 20.2. The molecular formula is C31H34N4O7. The summed E-state index contributed by atoms with van der Waals surface area (Å²) in [5.74, 6) is -0.836. The second-order valence-electron chi connectivity index (χ2n) is 9.73. The Labute approximate surface area is 244 Å². The third kappa shape index (κ3) is 6.51. The molecule has 2 aromatic carbocycles. The predicted molar refractivity (Wildman–Crippen MR) is 156 cm³/mol. The highest BCUT2D eigenvalue weighted by molar-refractivity contribution is 6.68. The van der Waals surface area contributed by atoms with Crippen molar-refractivity contribution in [3.8, 4) is 11.5 Å². The summed E-state index contributed by atoms with van der Waals surface area (Å²) >= 11 is 0. The van der Waals surface area contributed by atoms with Crippen molar-refractivity contribution in [2.45, 2.75) is 25.7 Å². The fourth-order valence-corrected chi connectivity index (χ4v) is 4.79. The Balaban J connectivity index is 1.78. The predicted octanol–water partition coefficient (Wildman–Crippen LogP) is 3.64. The maximum atomic E-state index is 14.4. The summed E-state index contributed by atoms with van der Waals surface area (Å²) in [5.41, 5.74) is 3.34. The lowest BCUT2D eigenvalue weighted by molar-refractivity contribution is -0.135. The lowest BCUT2D eigenvalue weighted by atomic mass is 9.86. The van der Waals surface area contributed by atoms with Crippen LogP contribution in [0.1, 0.15) is 36.8 Å². The van der Waals surface area contributed by atoms with Crippen molar-refractivity contribution in [3.05, 3.63) is 83.2 Å². The van der Waals surface area contributed by atoms with Gasteiger partial charge in [0.1, 0.15) is 22.9 Å². The van der Waals surface area contributed by atoms with Gasteiger partial charge < -0.3 is 18.9 Å². The van der Waals surface area contributed by atoms with Gasteiger partial charge in [0.15, 0.2) is 0 Å². The molecule has 0 radical (unpaired) electrons. The van der Waals surface area contributed by atoms with Crippen molar-refractivity contribution in [1.82, 2.24) is 10.0 Å². The Morgan fingerprint density at radius 3 is 1.33 bits per heavy atom. The molecule has 11 heteroatoms. The van der Waals surface area contributed by atoms with Crippen molar-refractivity contribution < 1.29 is 33.3 Å². The molecule has 0 aliphatic carbocycles. The Bertz CT molecular complexity index is 1350. The van der Waals surface area contributed by atoms with E-state index in [0.29, 0.717) is 36.0 Å². The van der Waals surface area contributed by atoms with Crippen molar-refractivity contribution in [2.75, 3.05) is 41.5 Å². The van der Waals surface area contributed by atoms with Crippen molar-refractivity contribution >= 4 is 29.1 Å². The van der Waals surface area contributed by atoms with Crippen LogP contribution in [-0.4, -0.2) is 80.7 Å². The molecule has 2 heterocycles. The molecule has 0 spiro atoms. The van der Waals surface area contributed by atoms with Crippen molar-refractivity contribution in [1.29, 1.82) is 0 Å². The maximum Gasteiger partial charge on any atom is 0.332 e. The van der Waals surface area contributed by atoms with E-state index in [1.165, 1.54) is 26.4 Å². The van der Waals surface area contributed by atoms with Crippen LogP contribution in [0, 0.1) is 0 Å². The standard InChI is InChI=1S/C31H34N4O7/c1-19(15-27(36)41-5)34-17-25(21-7-11-23(39-3)12-8-21)29(32-34)31(38)30-26(22-9-13-24(40-4)14-10-22)18-35(33-30)20(2)16-28(37)42-6/h7-16,25-26H,17-18H2,1-6H3/b19-15+,20-16+. The number of hydrogen-bond donors (Lipinski definition) is 0. The minimum absolute atomic E-state index is 0.284. The number of carbonyl (C=O) groups excluding carboxylic acids is 3. The number of esters is 2. The first kappa shape index (κ1) is 30.0. The highest BCUT2D eigenvalue weighted by Crippen LogP contribution is 2.34. The van der Waals surface area contributed by atoms with E-state index >= 15 is 0 Å². The van der Waals surface area contributed by atoms with Crippen molar-refractivity contribution in [2.24, 2.45) is 10.2 Å². The van der Waals surface area contributed by atoms with Crippen molar-refractivity contribution in [3.63, 3.8) is 0 Å². The Morgan fingerprint density at radius 2 is 1.02 bits per heavy atom. The molecule has 0 amide bonds. The van der Waals surface area contributed by atoms with E-state index in [1.54, 1.807) is 38.1 Å². The third-order valence-electron chi connectivity index (χ3n) is 7.20. The molecule has 2 aromatic rings. The molecule has 0 fully saturated rings. The number of hydrazone groups is 2. The topological polar surface area (TPSA) is 119 Å². The second kappa shape index (κ2) is 13.2. The molecule has 2 aliphatic rings. The molecule has 4 rings (SSSR count). The fraction of sp³-hybridized carbons (Fsp3) is 0.323. The summed E-state index contributed by atoms with van der Waals surface area (Å²) in [5, 5.41) is 12.6. The average Bonchev–Trinajstić information content (AvgIpc) is 3.67. The van der Waals surface area contributed by atoms with Gasteiger partial charge in [0, 0.05) is 23.5 Å². The summed E-state index contributed by atoms with van der Waals surface area (Å²) < 4.78 is 20.2. The number of methoxy groups -OCH3 is 4. The molecule has 0 aromatic heterocycles. The van der Waals surface area contributed by atoms with Crippen LogP contribution in [0.15, 0.2) is 82.3 Å². The average molecular weight is 575 g/mol. The summed E-state index contributed by atoms with van der Waals surface area (Å²) in [4.78, 5) is 38.3. The number of rotatable bonds is 10. The molecule has 0 bridgehead atoms. The first-order valence-corrected chi connectivity index (χ1v) is 13.3. The van der Waals surface area contributed by atoms with Gasteiger partial charge >= 0.3 is 11.9 Å². The minimum atomic E-state index is -0.522. The van der Waals surface area contributed by atoms with Gasteiger partial charge in [0.25, 0.3) is 0 Å². The Kier molecular flexibility index (Phi) is 9.41. The number of Topliss-reactive ketones (excluding diaryl/α,β-unsaturated/α-hetero) is 1. The molecule has 2 unspecified atom stereocenters. The molecule has 0 saturated carbocycles. The van der Waals surface area contributed by atoms with E-state index in [9.17, 15) is 14.4 Å². The van der Waals surface area contributed by atoms with Gasteiger partial charge in [0.2, 0.25) is 5.78 Å². The molecule has 11 nitrogen and oxygen atoms in total. The zero-order chi connectivity index (χ0) is 30.4. The van der Waals surface area contributed by atoms with Gasteiger partial charge in [0.05, 0.1) is 53.4 Å². The molecule has 0 saturated heterocycles. The lowest BCUT2D eigenvalue weighted by Crippen LogP contribution is -2.31. The zero-order valence-electron chi connectivity index (χ0n) is 24.5. The maximum absolute atomic E-state index is 14.4. The quantitative estimate of drug-likeness (QED) is 0.309. The number of nitrogens with zero attached hydrogens (tertiary/aromatic N) is 4. The third-order valence-corrected chi connectivity index (χ3v) is 7.20. The molecule has 2 atom stereocenters. The minimum Gasteiger partial charge on any atom is -0.497 e. The van der Waals surface area contributed by atoms with Gasteiger partial charge in [-0.05, 0) is 49.2 Å². The second-order valence-corrected chi connectivity index (χ2v) is 9.73. The summed E-state index contributed by atoms with van der Waals surface area (Å²) in [7, 11) is 5.77. The van der Waals surface area contributed by atoms with Crippen LogP contribution in [0.25, 0.3) is 0 Å². The number of ether oxygens (including phenoxy) is 4. The van der Waals surface area contributed by atoms with Crippen LogP contribution in [0.3, 0.4) is 0 Å². The first-order valence-electron chi connectivity index (χ1n) is 13.3. The zero-order valence-corrected chi connectivity index (χ0v) is 24.5. The van der Waals surface area contributed by atoms with Gasteiger partial charge in [-0.25, -0.2) is 9.59 Å². The highest BCUT2D eigenvalue weighted by atomic mass is 16.5. The van der Waals surface area contributed by atoms with E-state index in [2.05, 4.69) is 0 Å². The fourth-order valence-electron chi connectivity index (χ4n) is 4.79. The number of ketones is 1. The molecule has 220 valence electrons. The van der Waals surface area contributed by atoms with Gasteiger partial charge in [-0.15, -0.1) is 0 Å². The normalized spacial score (nSPS) is 18.8. The van der Waals surface area contributed by atoms with Gasteiger partial charge in [-0.2, -0.15) is 10.2 Å². The van der Waals surface area contributed by atoms with Crippen LogP contribution >= 0.6 is 0 Å². The summed E-state index contributed by atoms with van der Waals surface area (Å²) in [6.07, 6.45) is 2.66. The monoisotopic (exact) mass is 574 g/mol. The van der Waals surface area contributed by atoms with E-state index in [4.69, 9.17) is 29.2 Å². The van der Waals surface area contributed by atoms with Gasteiger partial charge in [-0.1, -0.05) is 24.3 Å². The van der Waals surface area contributed by atoms with Crippen LogP contribution in [-0.2, 0) is 23.9 Å². The van der Waals surface area contributed by atoms with Crippen LogP contribution < -0.4 is 9.47 Å². The van der Waals surface area contributed by atoms with Crippen LogP contribution in [0.2, 0.25) is 0 Å². The number of hydrogen-bond acceptors (Lipinski definition) is 11. The van der Waals surface area contributed by atoms with E-state index < -0.39 is 23.8 Å².